The maximum atomic E-state index is 10.3. The molecular formula is C12H24O3S. The summed E-state index contributed by atoms with van der Waals surface area (Å²) in [6.45, 7) is 2.21. The van der Waals surface area contributed by atoms with Crippen LogP contribution in [0.25, 0.3) is 0 Å². The number of rotatable bonds is 10. The van der Waals surface area contributed by atoms with Crippen LogP contribution in [0, 0.1) is 0 Å². The Balaban J connectivity index is 3.19. The van der Waals surface area contributed by atoms with Crippen molar-refractivity contribution in [2.75, 3.05) is 0 Å². The van der Waals surface area contributed by atoms with E-state index < -0.39 is 10.1 Å². The van der Waals surface area contributed by atoms with E-state index in [-0.39, 0.29) is 0 Å². The number of hydrogen-bond donors (Lipinski definition) is 1. The quantitative estimate of drug-likeness (QED) is 0.471. The van der Waals surface area contributed by atoms with Crippen LogP contribution in [-0.4, -0.2) is 13.0 Å². The average molecular weight is 248 g/mol. The van der Waals surface area contributed by atoms with Gasteiger partial charge in [-0.05, 0) is 12.8 Å². The van der Waals surface area contributed by atoms with Crippen molar-refractivity contribution in [1.29, 1.82) is 0 Å². The predicted molar refractivity (Wildman–Crippen MR) is 67.9 cm³/mol. The van der Waals surface area contributed by atoms with Crippen molar-refractivity contribution in [3.05, 3.63) is 11.5 Å². The van der Waals surface area contributed by atoms with Gasteiger partial charge in [0, 0.05) is 0 Å². The Bertz CT molecular complexity index is 268. The first-order chi connectivity index (χ1) is 7.56. The summed E-state index contributed by atoms with van der Waals surface area (Å²) >= 11 is 0. The zero-order chi connectivity index (χ0) is 12.3. The third kappa shape index (κ3) is 13.7. The standard InChI is InChI=1S/C12H24O3S/c1-2-3-4-5-6-7-8-9-10-11-12-16(13,14)15/h11-12H,2-10H2,1H3,(H,13,14,15). The molecule has 16 heavy (non-hydrogen) atoms. The third-order valence-corrected chi connectivity index (χ3v) is 3.03. The highest BCUT2D eigenvalue weighted by Gasteiger charge is 1.94. The maximum absolute atomic E-state index is 10.3. The summed E-state index contributed by atoms with van der Waals surface area (Å²) in [5.41, 5.74) is 0. The second kappa shape index (κ2) is 9.85. The van der Waals surface area contributed by atoms with Crippen LogP contribution in [0.3, 0.4) is 0 Å². The van der Waals surface area contributed by atoms with Crippen molar-refractivity contribution in [3.8, 4) is 0 Å². The van der Waals surface area contributed by atoms with Crippen LogP contribution in [-0.2, 0) is 10.1 Å². The molecule has 0 spiro atoms. The molecule has 0 aromatic rings. The smallest absolute Gasteiger partial charge is 0.282 e. The molecule has 0 aliphatic carbocycles. The lowest BCUT2D eigenvalue weighted by molar-refractivity contribution is 0.494. The Hall–Kier alpha value is -0.350. The number of allylic oxidation sites excluding steroid dienone is 1. The molecule has 0 heterocycles. The van der Waals surface area contributed by atoms with E-state index in [4.69, 9.17) is 4.55 Å². The van der Waals surface area contributed by atoms with Gasteiger partial charge in [0.15, 0.2) is 0 Å². The SMILES string of the molecule is CCCCCCCCCCC=CS(=O)(=O)O. The molecule has 0 fully saturated rings. The second-order valence-corrected chi connectivity index (χ2v) is 5.45. The van der Waals surface area contributed by atoms with Gasteiger partial charge in [-0.2, -0.15) is 8.42 Å². The van der Waals surface area contributed by atoms with E-state index in [0.717, 1.165) is 24.7 Å². The molecule has 1 N–H and O–H groups in total. The summed E-state index contributed by atoms with van der Waals surface area (Å²) in [6.07, 6.45) is 12.2. The molecule has 0 aliphatic rings. The molecule has 0 aromatic heterocycles. The van der Waals surface area contributed by atoms with Gasteiger partial charge in [0.25, 0.3) is 10.1 Å². The van der Waals surface area contributed by atoms with Crippen molar-refractivity contribution in [1.82, 2.24) is 0 Å². The Morgan fingerprint density at radius 1 is 0.938 bits per heavy atom. The molecule has 0 aromatic carbocycles. The molecule has 0 bridgehead atoms. The van der Waals surface area contributed by atoms with Crippen molar-refractivity contribution >= 4 is 10.1 Å². The normalized spacial score (nSPS) is 12.4. The minimum atomic E-state index is -3.91. The van der Waals surface area contributed by atoms with Gasteiger partial charge in [-0.25, -0.2) is 0 Å². The Morgan fingerprint density at radius 2 is 1.44 bits per heavy atom. The molecule has 0 aliphatic heterocycles. The molecule has 0 amide bonds. The van der Waals surface area contributed by atoms with E-state index in [2.05, 4.69) is 6.92 Å². The van der Waals surface area contributed by atoms with Crippen molar-refractivity contribution < 1.29 is 13.0 Å². The van der Waals surface area contributed by atoms with Gasteiger partial charge in [0.1, 0.15) is 0 Å². The highest BCUT2D eigenvalue weighted by Crippen LogP contribution is 2.09. The molecule has 0 radical (unpaired) electrons. The first-order valence-corrected chi connectivity index (χ1v) is 7.70. The van der Waals surface area contributed by atoms with Gasteiger partial charge in [-0.15, -0.1) is 0 Å². The summed E-state index contributed by atoms with van der Waals surface area (Å²) in [6, 6.07) is 0. The fourth-order valence-electron chi connectivity index (χ4n) is 1.59. The zero-order valence-corrected chi connectivity index (χ0v) is 11.0. The molecule has 3 nitrogen and oxygen atoms in total. The lowest BCUT2D eigenvalue weighted by Gasteiger charge is -1.99. The summed E-state index contributed by atoms with van der Waals surface area (Å²) in [5.74, 6) is 0. The molecule has 0 saturated carbocycles. The second-order valence-electron chi connectivity index (χ2n) is 4.15. The van der Waals surface area contributed by atoms with Crippen LogP contribution in [0.1, 0.15) is 64.7 Å². The van der Waals surface area contributed by atoms with E-state index in [9.17, 15) is 8.42 Å². The Labute approximate surface area is 99.7 Å². The topological polar surface area (TPSA) is 54.4 Å². The summed E-state index contributed by atoms with van der Waals surface area (Å²) in [4.78, 5) is 0. The van der Waals surface area contributed by atoms with Gasteiger partial charge in [0.2, 0.25) is 0 Å². The molecule has 4 heteroatoms. The van der Waals surface area contributed by atoms with E-state index in [1.807, 2.05) is 0 Å². The van der Waals surface area contributed by atoms with E-state index >= 15 is 0 Å². The lowest BCUT2D eigenvalue weighted by atomic mass is 10.1. The fourth-order valence-corrected chi connectivity index (χ4v) is 1.96. The molecule has 96 valence electrons. The fraction of sp³-hybridized carbons (Fsp3) is 0.833. The molecular weight excluding hydrogens is 224 g/mol. The van der Waals surface area contributed by atoms with Crippen LogP contribution in [0.4, 0.5) is 0 Å². The number of hydrogen-bond acceptors (Lipinski definition) is 2. The lowest BCUT2D eigenvalue weighted by Crippen LogP contribution is -1.89. The first kappa shape index (κ1) is 15.7. The van der Waals surface area contributed by atoms with Gasteiger partial charge in [-0.3, -0.25) is 4.55 Å². The van der Waals surface area contributed by atoms with Gasteiger partial charge in [-0.1, -0.05) is 57.9 Å². The molecule has 0 saturated heterocycles. The molecule has 0 rings (SSSR count). The van der Waals surface area contributed by atoms with Crippen molar-refractivity contribution in [2.45, 2.75) is 64.7 Å². The van der Waals surface area contributed by atoms with Crippen LogP contribution in [0.2, 0.25) is 0 Å². The van der Waals surface area contributed by atoms with Gasteiger partial charge in [0.05, 0.1) is 5.41 Å². The monoisotopic (exact) mass is 248 g/mol. The highest BCUT2D eigenvalue weighted by molar-refractivity contribution is 7.88. The largest absolute Gasteiger partial charge is 0.287 e. The van der Waals surface area contributed by atoms with Crippen LogP contribution < -0.4 is 0 Å². The molecule has 0 unspecified atom stereocenters. The van der Waals surface area contributed by atoms with Crippen molar-refractivity contribution in [2.24, 2.45) is 0 Å². The van der Waals surface area contributed by atoms with Crippen molar-refractivity contribution in [3.63, 3.8) is 0 Å². The Kier molecular flexibility index (Phi) is 9.63. The Morgan fingerprint density at radius 3 is 1.94 bits per heavy atom. The van der Waals surface area contributed by atoms with Crippen LogP contribution in [0.15, 0.2) is 11.5 Å². The summed E-state index contributed by atoms with van der Waals surface area (Å²) < 4.78 is 29.1. The summed E-state index contributed by atoms with van der Waals surface area (Å²) in [5, 5.41) is 0.869. The predicted octanol–water partition coefficient (Wildman–Crippen LogP) is 3.92. The zero-order valence-electron chi connectivity index (χ0n) is 10.2. The summed E-state index contributed by atoms with van der Waals surface area (Å²) in [7, 11) is -3.91. The molecule has 0 atom stereocenters. The van der Waals surface area contributed by atoms with Crippen LogP contribution >= 0.6 is 0 Å². The van der Waals surface area contributed by atoms with E-state index in [1.165, 1.54) is 44.6 Å². The van der Waals surface area contributed by atoms with Gasteiger partial charge >= 0.3 is 0 Å². The third-order valence-electron chi connectivity index (χ3n) is 2.49. The first-order valence-electron chi connectivity index (χ1n) is 6.20. The van der Waals surface area contributed by atoms with Gasteiger partial charge < -0.3 is 0 Å². The van der Waals surface area contributed by atoms with Crippen LogP contribution in [0.5, 0.6) is 0 Å². The maximum Gasteiger partial charge on any atom is 0.287 e. The average Bonchev–Trinajstić information content (AvgIpc) is 2.19. The number of unbranched alkanes of at least 4 members (excludes halogenated alkanes) is 8. The minimum Gasteiger partial charge on any atom is -0.282 e. The van der Waals surface area contributed by atoms with E-state index in [1.54, 1.807) is 0 Å². The highest BCUT2D eigenvalue weighted by atomic mass is 32.2. The van der Waals surface area contributed by atoms with E-state index in [0.29, 0.717) is 0 Å². The minimum absolute atomic E-state index is 0.731.